The van der Waals surface area contributed by atoms with Crippen molar-refractivity contribution in [2.45, 2.75) is 43.2 Å². The molecular weight excluding hydrogens is 304 g/mol. The first kappa shape index (κ1) is 16.9. The Morgan fingerprint density at radius 3 is 2.48 bits per heavy atom. The third-order valence-corrected chi connectivity index (χ3v) is 7.41. The summed E-state index contributed by atoms with van der Waals surface area (Å²) in [7, 11) is -1.61. The van der Waals surface area contributed by atoms with Gasteiger partial charge in [0.05, 0.1) is 0 Å². The third-order valence-electron chi connectivity index (χ3n) is 4.02. The van der Waals surface area contributed by atoms with Crippen LogP contribution in [-0.2, 0) is 10.0 Å². The van der Waals surface area contributed by atoms with Gasteiger partial charge >= 0.3 is 0 Å². The number of thiophene rings is 1. The van der Waals surface area contributed by atoms with Crippen LogP contribution in [0.5, 0.6) is 0 Å². The van der Waals surface area contributed by atoms with E-state index in [2.05, 4.69) is 4.90 Å². The maximum absolute atomic E-state index is 12.4. The van der Waals surface area contributed by atoms with Crippen LogP contribution < -0.4 is 0 Å². The summed E-state index contributed by atoms with van der Waals surface area (Å²) in [4.78, 5) is 2.47. The Morgan fingerprint density at radius 1 is 1.24 bits per heavy atom. The van der Waals surface area contributed by atoms with Gasteiger partial charge in [-0.3, -0.25) is 0 Å². The molecule has 0 radical (unpaired) electrons. The first-order valence-electron chi connectivity index (χ1n) is 7.74. The number of aryl methyl sites for hydroxylation is 1. The van der Waals surface area contributed by atoms with Crippen LogP contribution in [-0.4, -0.2) is 50.8 Å². The molecule has 1 aromatic rings. The SMILES string of the molecule is Cc1csc(S(=O)(=O)N(C)CCCN2CCCCCC2)c1. The first-order valence-corrected chi connectivity index (χ1v) is 10.1. The average Bonchev–Trinajstić information content (AvgIpc) is 2.73. The van der Waals surface area contributed by atoms with Gasteiger partial charge in [0.25, 0.3) is 10.0 Å². The standard InChI is InChI=1S/C15H26N2O2S2/c1-14-12-15(20-13-14)21(18,19)16(2)8-7-11-17-9-5-3-4-6-10-17/h12-13H,3-11H2,1-2H3. The molecule has 1 saturated heterocycles. The van der Waals surface area contributed by atoms with Gasteiger partial charge in [0.15, 0.2) is 0 Å². The van der Waals surface area contributed by atoms with Crippen molar-refractivity contribution in [3.63, 3.8) is 0 Å². The predicted molar refractivity (Wildman–Crippen MR) is 88.4 cm³/mol. The second-order valence-electron chi connectivity index (χ2n) is 5.88. The minimum atomic E-state index is -3.29. The van der Waals surface area contributed by atoms with Crippen molar-refractivity contribution in [2.75, 3.05) is 33.2 Å². The fourth-order valence-electron chi connectivity index (χ4n) is 2.69. The largest absolute Gasteiger partial charge is 0.303 e. The Hall–Kier alpha value is -0.430. The smallest absolute Gasteiger partial charge is 0.252 e. The van der Waals surface area contributed by atoms with Crippen molar-refractivity contribution in [3.8, 4) is 0 Å². The minimum Gasteiger partial charge on any atom is -0.303 e. The van der Waals surface area contributed by atoms with E-state index >= 15 is 0 Å². The van der Waals surface area contributed by atoms with Crippen molar-refractivity contribution in [3.05, 3.63) is 17.0 Å². The molecule has 0 bridgehead atoms. The predicted octanol–water partition coefficient (Wildman–Crippen LogP) is 2.94. The molecule has 1 fully saturated rings. The quantitative estimate of drug-likeness (QED) is 0.805. The van der Waals surface area contributed by atoms with E-state index in [9.17, 15) is 8.42 Å². The highest BCUT2D eigenvalue weighted by atomic mass is 32.2. The molecule has 0 unspecified atom stereocenters. The van der Waals surface area contributed by atoms with Crippen LogP contribution in [0.1, 0.15) is 37.7 Å². The van der Waals surface area contributed by atoms with Gasteiger partial charge in [-0.05, 0) is 62.8 Å². The van der Waals surface area contributed by atoms with Crippen molar-refractivity contribution in [2.24, 2.45) is 0 Å². The molecule has 0 aliphatic carbocycles. The molecular formula is C15H26N2O2S2. The van der Waals surface area contributed by atoms with Crippen molar-refractivity contribution < 1.29 is 8.42 Å². The van der Waals surface area contributed by atoms with E-state index < -0.39 is 10.0 Å². The summed E-state index contributed by atoms with van der Waals surface area (Å²) < 4.78 is 26.8. The molecule has 21 heavy (non-hydrogen) atoms. The summed E-state index contributed by atoms with van der Waals surface area (Å²) in [6.45, 7) is 5.86. The van der Waals surface area contributed by atoms with Crippen LogP contribution in [0.4, 0.5) is 0 Å². The Morgan fingerprint density at radius 2 is 1.90 bits per heavy atom. The molecule has 0 spiro atoms. The zero-order valence-corrected chi connectivity index (χ0v) is 14.7. The van der Waals surface area contributed by atoms with Crippen molar-refractivity contribution in [1.29, 1.82) is 0 Å². The molecule has 1 aliphatic heterocycles. The lowest BCUT2D eigenvalue weighted by molar-refractivity contribution is 0.273. The average molecular weight is 331 g/mol. The van der Waals surface area contributed by atoms with E-state index in [1.54, 1.807) is 13.1 Å². The number of nitrogens with zero attached hydrogens (tertiary/aromatic N) is 2. The normalized spacial score (nSPS) is 18.0. The highest BCUT2D eigenvalue weighted by Gasteiger charge is 2.22. The fourth-order valence-corrected chi connectivity index (χ4v) is 5.34. The molecule has 6 heteroatoms. The minimum absolute atomic E-state index is 0.456. The summed E-state index contributed by atoms with van der Waals surface area (Å²) in [6.07, 6.45) is 6.14. The molecule has 1 aromatic heterocycles. The van der Waals surface area contributed by atoms with E-state index in [1.807, 2.05) is 12.3 Å². The monoisotopic (exact) mass is 330 g/mol. The summed E-state index contributed by atoms with van der Waals surface area (Å²) >= 11 is 1.31. The molecule has 1 aliphatic rings. The zero-order valence-electron chi connectivity index (χ0n) is 13.0. The number of hydrogen-bond donors (Lipinski definition) is 0. The van der Waals surface area contributed by atoms with E-state index in [-0.39, 0.29) is 0 Å². The third kappa shape index (κ3) is 4.77. The van der Waals surface area contributed by atoms with Gasteiger partial charge < -0.3 is 4.90 Å². The van der Waals surface area contributed by atoms with Gasteiger partial charge in [0, 0.05) is 13.6 Å². The van der Waals surface area contributed by atoms with E-state index in [1.165, 1.54) is 54.4 Å². The second-order valence-corrected chi connectivity index (χ2v) is 9.06. The van der Waals surface area contributed by atoms with Gasteiger partial charge in [-0.2, -0.15) is 0 Å². The van der Waals surface area contributed by atoms with Crippen LogP contribution in [0.3, 0.4) is 0 Å². The van der Waals surface area contributed by atoms with Crippen LogP contribution >= 0.6 is 11.3 Å². The summed E-state index contributed by atoms with van der Waals surface area (Å²) in [5, 5.41) is 1.89. The molecule has 2 rings (SSSR count). The Labute approximate surface area is 132 Å². The lowest BCUT2D eigenvalue weighted by Gasteiger charge is -2.21. The molecule has 2 heterocycles. The van der Waals surface area contributed by atoms with Gasteiger partial charge in [-0.1, -0.05) is 12.8 Å². The van der Waals surface area contributed by atoms with Crippen molar-refractivity contribution in [1.82, 2.24) is 9.21 Å². The first-order chi connectivity index (χ1) is 10.00. The summed E-state index contributed by atoms with van der Waals surface area (Å²) in [6, 6.07) is 1.76. The summed E-state index contributed by atoms with van der Waals surface area (Å²) in [5.74, 6) is 0. The lowest BCUT2D eigenvalue weighted by atomic mass is 10.2. The Balaban J connectivity index is 1.82. The number of likely N-dealkylation sites (tertiary alicyclic amines) is 1. The van der Waals surface area contributed by atoms with E-state index in [4.69, 9.17) is 0 Å². The fraction of sp³-hybridized carbons (Fsp3) is 0.733. The van der Waals surface area contributed by atoms with Gasteiger partial charge in [-0.25, -0.2) is 12.7 Å². The van der Waals surface area contributed by atoms with Crippen molar-refractivity contribution >= 4 is 21.4 Å². The molecule has 0 aromatic carbocycles. The van der Waals surface area contributed by atoms with E-state index in [0.29, 0.717) is 10.8 Å². The Kier molecular flexibility index (Phi) is 6.22. The van der Waals surface area contributed by atoms with Crippen LogP contribution in [0.15, 0.2) is 15.7 Å². The topological polar surface area (TPSA) is 40.6 Å². The lowest BCUT2D eigenvalue weighted by Crippen LogP contribution is -2.31. The van der Waals surface area contributed by atoms with Crippen LogP contribution in [0.25, 0.3) is 0 Å². The maximum Gasteiger partial charge on any atom is 0.252 e. The van der Waals surface area contributed by atoms with Gasteiger partial charge in [0.2, 0.25) is 0 Å². The maximum atomic E-state index is 12.4. The molecule has 0 saturated carbocycles. The molecule has 120 valence electrons. The number of sulfonamides is 1. The molecule has 0 amide bonds. The summed E-state index contributed by atoms with van der Waals surface area (Å²) in [5.41, 5.74) is 1.01. The van der Waals surface area contributed by atoms with Gasteiger partial charge in [-0.15, -0.1) is 11.3 Å². The highest BCUT2D eigenvalue weighted by molar-refractivity contribution is 7.91. The highest BCUT2D eigenvalue weighted by Crippen LogP contribution is 2.22. The van der Waals surface area contributed by atoms with E-state index in [0.717, 1.165) is 18.5 Å². The van der Waals surface area contributed by atoms with Crippen LogP contribution in [0.2, 0.25) is 0 Å². The molecule has 0 N–H and O–H groups in total. The second kappa shape index (κ2) is 7.72. The number of hydrogen-bond acceptors (Lipinski definition) is 4. The van der Waals surface area contributed by atoms with Gasteiger partial charge in [0.1, 0.15) is 4.21 Å². The molecule has 4 nitrogen and oxygen atoms in total. The Bertz CT molecular complexity index is 532. The van der Waals surface area contributed by atoms with Crippen LogP contribution in [0, 0.1) is 6.92 Å². The number of rotatable bonds is 6. The zero-order chi connectivity index (χ0) is 15.3. The molecule has 0 atom stereocenters.